The zero-order valence-electron chi connectivity index (χ0n) is 7.03. The molecule has 0 aromatic carbocycles. The lowest BCUT2D eigenvalue weighted by molar-refractivity contribution is 0.0647. The molecule has 0 aliphatic carbocycles. The molecule has 1 fully saturated rings. The van der Waals surface area contributed by atoms with Crippen molar-refractivity contribution in [2.24, 2.45) is 0 Å². The minimum Gasteiger partial charge on any atom is -0.395 e. The highest BCUT2D eigenvalue weighted by Crippen LogP contribution is 2.51. The maximum Gasteiger partial charge on any atom is 0.0869 e. The molecule has 66 valence electrons. The molecule has 0 radical (unpaired) electrons. The van der Waals surface area contributed by atoms with Gasteiger partial charge in [0.2, 0.25) is 0 Å². The van der Waals surface area contributed by atoms with Crippen LogP contribution in [0.3, 0.4) is 0 Å². The Balaban J connectivity index is 2.63. The SMILES string of the molecule is COC1C(CO)SSC1(C)C. The quantitative estimate of drug-likeness (QED) is 0.675. The molecule has 0 aromatic rings. The van der Waals surface area contributed by atoms with Crippen molar-refractivity contribution in [1.29, 1.82) is 0 Å². The van der Waals surface area contributed by atoms with Crippen molar-refractivity contribution in [2.75, 3.05) is 13.7 Å². The van der Waals surface area contributed by atoms with Crippen molar-refractivity contribution >= 4 is 21.6 Å². The maximum atomic E-state index is 8.99. The van der Waals surface area contributed by atoms with Gasteiger partial charge in [-0.3, -0.25) is 0 Å². The second kappa shape index (κ2) is 3.56. The van der Waals surface area contributed by atoms with Gasteiger partial charge in [0.25, 0.3) is 0 Å². The summed E-state index contributed by atoms with van der Waals surface area (Å²) in [4.78, 5) is 0. The summed E-state index contributed by atoms with van der Waals surface area (Å²) in [6.45, 7) is 4.50. The first-order valence-corrected chi connectivity index (χ1v) is 5.81. The number of rotatable bonds is 2. The smallest absolute Gasteiger partial charge is 0.0869 e. The van der Waals surface area contributed by atoms with E-state index in [0.717, 1.165) is 0 Å². The average molecular weight is 194 g/mol. The Hall–Kier alpha value is 0.620. The Labute approximate surface area is 75.5 Å². The molecule has 2 unspecified atom stereocenters. The van der Waals surface area contributed by atoms with E-state index in [1.54, 1.807) is 28.7 Å². The fourth-order valence-electron chi connectivity index (χ4n) is 1.29. The molecular formula is C7H14O2S2. The summed E-state index contributed by atoms with van der Waals surface area (Å²) in [6.07, 6.45) is 0.169. The molecule has 0 bridgehead atoms. The van der Waals surface area contributed by atoms with Gasteiger partial charge < -0.3 is 9.84 Å². The third kappa shape index (κ3) is 1.86. The van der Waals surface area contributed by atoms with Gasteiger partial charge in [0.05, 0.1) is 18.0 Å². The van der Waals surface area contributed by atoms with Crippen LogP contribution in [0.1, 0.15) is 13.8 Å². The molecule has 1 aliphatic heterocycles. The minimum absolute atomic E-state index is 0.132. The highest BCUT2D eigenvalue weighted by Gasteiger charge is 2.43. The van der Waals surface area contributed by atoms with E-state index in [-0.39, 0.29) is 22.7 Å². The van der Waals surface area contributed by atoms with Crippen LogP contribution in [0.15, 0.2) is 0 Å². The highest BCUT2D eigenvalue weighted by atomic mass is 33.1. The number of hydrogen-bond donors (Lipinski definition) is 1. The molecule has 0 spiro atoms. The van der Waals surface area contributed by atoms with Crippen molar-refractivity contribution in [2.45, 2.75) is 29.9 Å². The fraction of sp³-hybridized carbons (Fsp3) is 1.00. The molecule has 4 heteroatoms. The number of hydrogen-bond acceptors (Lipinski definition) is 4. The molecule has 0 aromatic heterocycles. The predicted octanol–water partition coefficient (Wildman–Crippen LogP) is 1.54. The van der Waals surface area contributed by atoms with Crippen LogP contribution >= 0.6 is 21.6 Å². The van der Waals surface area contributed by atoms with Gasteiger partial charge in [-0.2, -0.15) is 0 Å². The third-order valence-corrected chi connectivity index (χ3v) is 5.56. The second-order valence-corrected chi connectivity index (χ2v) is 6.25. The summed E-state index contributed by atoms with van der Waals surface area (Å²) in [7, 11) is 5.23. The van der Waals surface area contributed by atoms with Gasteiger partial charge in [0, 0.05) is 11.9 Å². The fourth-order valence-corrected chi connectivity index (χ4v) is 4.60. The first-order valence-electron chi connectivity index (χ1n) is 3.60. The van der Waals surface area contributed by atoms with Crippen molar-refractivity contribution in [3.63, 3.8) is 0 Å². The lowest BCUT2D eigenvalue weighted by Gasteiger charge is -2.25. The number of ether oxygens (including phenoxy) is 1. The van der Waals surface area contributed by atoms with Gasteiger partial charge >= 0.3 is 0 Å². The van der Waals surface area contributed by atoms with E-state index >= 15 is 0 Å². The Morgan fingerprint density at radius 3 is 2.55 bits per heavy atom. The minimum atomic E-state index is 0.132. The van der Waals surface area contributed by atoms with Crippen molar-refractivity contribution < 1.29 is 9.84 Å². The maximum absolute atomic E-state index is 8.99. The summed E-state index contributed by atoms with van der Waals surface area (Å²) in [5.74, 6) is 0. The average Bonchev–Trinajstić information content (AvgIpc) is 2.24. The standard InChI is InChI=1S/C7H14O2S2/c1-7(2)6(9-3)5(4-8)10-11-7/h5-6,8H,4H2,1-3H3. The van der Waals surface area contributed by atoms with Gasteiger partial charge in [-0.05, 0) is 13.8 Å². The number of methoxy groups -OCH3 is 1. The first-order chi connectivity index (χ1) is 5.11. The van der Waals surface area contributed by atoms with Crippen LogP contribution in [0, 0.1) is 0 Å². The highest BCUT2D eigenvalue weighted by molar-refractivity contribution is 8.77. The van der Waals surface area contributed by atoms with Gasteiger partial charge in [-0.15, -0.1) is 0 Å². The summed E-state index contributed by atoms with van der Waals surface area (Å²) >= 11 is 0. The van der Waals surface area contributed by atoms with E-state index in [1.807, 2.05) is 0 Å². The Morgan fingerprint density at radius 1 is 1.55 bits per heavy atom. The van der Waals surface area contributed by atoms with Crippen molar-refractivity contribution in [1.82, 2.24) is 0 Å². The van der Waals surface area contributed by atoms with Crippen molar-refractivity contribution in [3.8, 4) is 0 Å². The van der Waals surface area contributed by atoms with Crippen molar-refractivity contribution in [3.05, 3.63) is 0 Å². The predicted molar refractivity (Wildman–Crippen MR) is 50.9 cm³/mol. The number of aliphatic hydroxyl groups is 1. The number of aliphatic hydroxyl groups excluding tert-OH is 1. The van der Waals surface area contributed by atoms with E-state index in [1.165, 1.54) is 0 Å². The molecule has 11 heavy (non-hydrogen) atoms. The molecule has 1 N–H and O–H groups in total. The van der Waals surface area contributed by atoms with Gasteiger partial charge in [0.1, 0.15) is 0 Å². The summed E-state index contributed by atoms with van der Waals surface area (Å²) in [6, 6.07) is 0. The molecule has 2 nitrogen and oxygen atoms in total. The summed E-state index contributed by atoms with van der Waals surface area (Å²) in [5.41, 5.74) is 0. The van der Waals surface area contributed by atoms with Crippen LogP contribution in [-0.2, 0) is 4.74 Å². The molecule has 1 aliphatic rings. The van der Waals surface area contributed by atoms with Crippen LogP contribution in [0.25, 0.3) is 0 Å². The van der Waals surface area contributed by atoms with Crippen LogP contribution in [0.2, 0.25) is 0 Å². The zero-order chi connectivity index (χ0) is 8.48. The zero-order valence-corrected chi connectivity index (χ0v) is 8.67. The van der Waals surface area contributed by atoms with Gasteiger partial charge in [-0.1, -0.05) is 21.6 Å². The molecule has 0 saturated carbocycles. The summed E-state index contributed by atoms with van der Waals surface area (Å²) in [5, 5.41) is 9.22. The second-order valence-electron chi connectivity index (χ2n) is 3.16. The Morgan fingerprint density at radius 2 is 2.18 bits per heavy atom. The normalized spacial score (nSPS) is 36.0. The van der Waals surface area contributed by atoms with E-state index in [0.29, 0.717) is 0 Å². The van der Waals surface area contributed by atoms with E-state index in [9.17, 15) is 0 Å². The summed E-state index contributed by atoms with van der Waals surface area (Å²) < 4.78 is 5.46. The van der Waals surface area contributed by atoms with Crippen LogP contribution in [0.4, 0.5) is 0 Å². The lowest BCUT2D eigenvalue weighted by Crippen LogP contribution is -2.38. The van der Waals surface area contributed by atoms with Crippen LogP contribution in [0.5, 0.6) is 0 Å². The van der Waals surface area contributed by atoms with Gasteiger partial charge in [-0.25, -0.2) is 0 Å². The largest absolute Gasteiger partial charge is 0.395 e. The van der Waals surface area contributed by atoms with Gasteiger partial charge in [0.15, 0.2) is 0 Å². The molecular weight excluding hydrogens is 180 g/mol. The molecule has 0 amide bonds. The molecule has 1 rings (SSSR count). The Bertz CT molecular complexity index is 138. The third-order valence-electron chi connectivity index (χ3n) is 1.84. The lowest BCUT2D eigenvalue weighted by atomic mass is 10.0. The molecule has 1 saturated heterocycles. The Kier molecular flexibility index (Phi) is 3.14. The first kappa shape index (κ1) is 9.71. The van der Waals surface area contributed by atoms with Crippen LogP contribution < -0.4 is 0 Å². The van der Waals surface area contributed by atoms with E-state index < -0.39 is 0 Å². The molecule has 2 atom stereocenters. The topological polar surface area (TPSA) is 29.5 Å². The molecule has 1 heterocycles. The van der Waals surface area contributed by atoms with E-state index in [2.05, 4.69) is 13.8 Å². The van der Waals surface area contributed by atoms with Crippen LogP contribution in [-0.4, -0.2) is 34.9 Å². The monoisotopic (exact) mass is 194 g/mol. The van der Waals surface area contributed by atoms with E-state index in [4.69, 9.17) is 9.84 Å².